The molecule has 8 heteroatoms. The number of aliphatic hydroxyl groups is 1. The maximum absolute atomic E-state index is 12.4. The molecule has 114 valence electrons. The van der Waals surface area contributed by atoms with E-state index in [1.807, 2.05) is 0 Å². The second kappa shape index (κ2) is 6.33. The zero-order valence-corrected chi connectivity index (χ0v) is 11.8. The molecule has 0 bridgehead atoms. The maximum atomic E-state index is 12.4. The fourth-order valence-corrected chi connectivity index (χ4v) is 2.49. The van der Waals surface area contributed by atoms with Crippen molar-refractivity contribution in [3.05, 3.63) is 22.9 Å². The number of nitrogens with zero attached hydrogens (tertiary/aromatic N) is 5. The monoisotopic (exact) mass is 293 g/mol. The first kappa shape index (κ1) is 14.2. The van der Waals surface area contributed by atoms with Crippen molar-refractivity contribution in [1.82, 2.24) is 24.2 Å². The summed E-state index contributed by atoms with van der Waals surface area (Å²) in [6.45, 7) is 5.03. The Morgan fingerprint density at radius 1 is 1.24 bits per heavy atom. The highest BCUT2D eigenvalue weighted by Crippen LogP contribution is 2.05. The Hall–Kier alpha value is -1.77. The lowest BCUT2D eigenvalue weighted by Crippen LogP contribution is -2.39. The fourth-order valence-electron chi connectivity index (χ4n) is 2.49. The Balaban J connectivity index is 1.76. The summed E-state index contributed by atoms with van der Waals surface area (Å²) in [5.74, 6) is 0. The van der Waals surface area contributed by atoms with Crippen LogP contribution >= 0.6 is 0 Å². The summed E-state index contributed by atoms with van der Waals surface area (Å²) in [6.07, 6.45) is 3.08. The molecule has 2 aromatic heterocycles. The molecule has 2 aromatic rings. The van der Waals surface area contributed by atoms with Gasteiger partial charge in [-0.25, -0.2) is 9.67 Å². The number of aromatic nitrogens is 4. The van der Waals surface area contributed by atoms with Crippen molar-refractivity contribution in [3.8, 4) is 0 Å². The van der Waals surface area contributed by atoms with Crippen molar-refractivity contribution < 1.29 is 9.84 Å². The Kier molecular flexibility index (Phi) is 4.28. The van der Waals surface area contributed by atoms with E-state index >= 15 is 0 Å². The van der Waals surface area contributed by atoms with Crippen molar-refractivity contribution in [1.29, 1.82) is 0 Å². The van der Waals surface area contributed by atoms with Crippen LogP contribution in [0.2, 0.25) is 0 Å². The fraction of sp³-hybridized carbons (Fsp3) is 0.615. The molecule has 1 N–H and O–H groups in total. The van der Waals surface area contributed by atoms with Gasteiger partial charge in [-0.1, -0.05) is 0 Å². The highest BCUT2D eigenvalue weighted by atomic mass is 16.5. The maximum Gasteiger partial charge on any atom is 0.264 e. The standard InChI is InChI=1S/C13H19N5O3/c19-6-3-18-12-11(9-15-18)13(20)17(10-14-12)2-1-16-4-7-21-8-5-16/h9-10,19H,1-8H2. The molecule has 0 radical (unpaired) electrons. The second-order valence-corrected chi connectivity index (χ2v) is 5.03. The molecule has 0 atom stereocenters. The minimum Gasteiger partial charge on any atom is -0.394 e. The van der Waals surface area contributed by atoms with Crippen LogP contribution in [0, 0.1) is 0 Å². The number of ether oxygens (including phenoxy) is 1. The SMILES string of the molecule is O=c1c2cnn(CCO)c2ncn1CCN1CCOCC1. The van der Waals surface area contributed by atoms with Crippen LogP contribution in [-0.2, 0) is 17.8 Å². The summed E-state index contributed by atoms with van der Waals surface area (Å²) in [5.41, 5.74) is 0.439. The number of morpholine rings is 1. The average molecular weight is 293 g/mol. The molecule has 8 nitrogen and oxygen atoms in total. The third-order valence-corrected chi connectivity index (χ3v) is 3.69. The molecular weight excluding hydrogens is 274 g/mol. The molecule has 1 saturated heterocycles. The van der Waals surface area contributed by atoms with Crippen molar-refractivity contribution in [2.75, 3.05) is 39.5 Å². The third-order valence-electron chi connectivity index (χ3n) is 3.69. The molecule has 1 aliphatic heterocycles. The number of fused-ring (bicyclic) bond motifs is 1. The highest BCUT2D eigenvalue weighted by Gasteiger charge is 2.12. The summed E-state index contributed by atoms with van der Waals surface area (Å²) in [4.78, 5) is 18.9. The predicted molar refractivity (Wildman–Crippen MR) is 76.1 cm³/mol. The van der Waals surface area contributed by atoms with E-state index in [4.69, 9.17) is 9.84 Å². The van der Waals surface area contributed by atoms with Crippen LogP contribution < -0.4 is 5.56 Å². The first-order valence-electron chi connectivity index (χ1n) is 7.11. The molecule has 0 amide bonds. The molecule has 21 heavy (non-hydrogen) atoms. The van der Waals surface area contributed by atoms with Gasteiger partial charge in [0.15, 0.2) is 5.65 Å². The van der Waals surface area contributed by atoms with Gasteiger partial charge in [0, 0.05) is 26.2 Å². The van der Waals surface area contributed by atoms with Crippen molar-refractivity contribution in [2.45, 2.75) is 13.1 Å². The number of hydrogen-bond acceptors (Lipinski definition) is 6. The van der Waals surface area contributed by atoms with Crippen molar-refractivity contribution >= 4 is 11.0 Å². The normalized spacial score (nSPS) is 16.6. The summed E-state index contributed by atoms with van der Waals surface area (Å²) >= 11 is 0. The van der Waals surface area contributed by atoms with Crippen LogP contribution in [-0.4, -0.2) is 68.8 Å². The largest absolute Gasteiger partial charge is 0.394 e. The highest BCUT2D eigenvalue weighted by molar-refractivity contribution is 5.72. The Bertz CT molecular complexity index is 659. The van der Waals surface area contributed by atoms with Gasteiger partial charge in [0.05, 0.1) is 32.6 Å². The van der Waals surface area contributed by atoms with Crippen LogP contribution in [0.4, 0.5) is 0 Å². The first-order chi connectivity index (χ1) is 10.3. The van der Waals surface area contributed by atoms with Crippen LogP contribution in [0.3, 0.4) is 0 Å². The molecule has 0 unspecified atom stereocenters. The quantitative estimate of drug-likeness (QED) is 0.754. The first-order valence-corrected chi connectivity index (χ1v) is 7.11. The lowest BCUT2D eigenvalue weighted by atomic mass is 10.4. The second-order valence-electron chi connectivity index (χ2n) is 5.03. The summed E-state index contributed by atoms with van der Waals surface area (Å²) in [6, 6.07) is 0. The lowest BCUT2D eigenvalue weighted by Gasteiger charge is -2.26. The van der Waals surface area contributed by atoms with Gasteiger partial charge in [0.2, 0.25) is 0 Å². The topological polar surface area (TPSA) is 85.4 Å². The number of rotatable bonds is 5. The zero-order valence-electron chi connectivity index (χ0n) is 11.8. The van der Waals surface area contributed by atoms with E-state index in [1.54, 1.807) is 15.6 Å². The zero-order chi connectivity index (χ0) is 14.7. The van der Waals surface area contributed by atoms with Gasteiger partial charge in [-0.15, -0.1) is 0 Å². The van der Waals surface area contributed by atoms with Gasteiger partial charge >= 0.3 is 0 Å². The molecule has 3 heterocycles. The third kappa shape index (κ3) is 2.97. The number of aliphatic hydroxyl groups excluding tert-OH is 1. The van der Waals surface area contributed by atoms with Gasteiger partial charge in [0.1, 0.15) is 11.7 Å². The molecule has 1 fully saturated rings. The average Bonchev–Trinajstić information content (AvgIpc) is 2.92. The van der Waals surface area contributed by atoms with Gasteiger partial charge < -0.3 is 9.84 Å². The summed E-state index contributed by atoms with van der Waals surface area (Å²) in [5, 5.41) is 13.5. The molecule has 1 aliphatic rings. The van der Waals surface area contributed by atoms with E-state index in [-0.39, 0.29) is 12.2 Å². The van der Waals surface area contributed by atoms with Crippen LogP contribution in [0.25, 0.3) is 11.0 Å². The summed E-state index contributed by atoms with van der Waals surface area (Å²) in [7, 11) is 0. The Morgan fingerprint density at radius 3 is 2.81 bits per heavy atom. The van der Waals surface area contributed by atoms with Gasteiger partial charge in [-0.05, 0) is 0 Å². The van der Waals surface area contributed by atoms with Crippen molar-refractivity contribution in [2.24, 2.45) is 0 Å². The van der Waals surface area contributed by atoms with Gasteiger partial charge in [-0.3, -0.25) is 14.3 Å². The molecule has 0 aromatic carbocycles. The predicted octanol–water partition coefficient (Wildman–Crippen LogP) is -1.08. The Morgan fingerprint density at radius 2 is 2.05 bits per heavy atom. The van der Waals surface area contributed by atoms with E-state index < -0.39 is 0 Å². The van der Waals surface area contributed by atoms with Gasteiger partial charge in [-0.2, -0.15) is 5.10 Å². The van der Waals surface area contributed by atoms with Crippen molar-refractivity contribution in [3.63, 3.8) is 0 Å². The van der Waals surface area contributed by atoms with Gasteiger partial charge in [0.25, 0.3) is 5.56 Å². The van der Waals surface area contributed by atoms with E-state index in [1.165, 1.54) is 6.20 Å². The molecule has 0 saturated carbocycles. The van der Waals surface area contributed by atoms with E-state index in [0.717, 1.165) is 32.8 Å². The lowest BCUT2D eigenvalue weighted by molar-refractivity contribution is 0.0362. The molecule has 0 spiro atoms. The molecule has 3 rings (SSSR count). The van der Waals surface area contributed by atoms with Crippen LogP contribution in [0.5, 0.6) is 0 Å². The molecule has 0 aliphatic carbocycles. The van der Waals surface area contributed by atoms with Crippen LogP contribution in [0.1, 0.15) is 0 Å². The summed E-state index contributed by atoms with van der Waals surface area (Å²) < 4.78 is 8.46. The van der Waals surface area contributed by atoms with E-state index in [9.17, 15) is 4.79 Å². The Labute approximate surface area is 121 Å². The van der Waals surface area contributed by atoms with Crippen LogP contribution in [0.15, 0.2) is 17.3 Å². The van der Waals surface area contributed by atoms with E-state index in [2.05, 4.69) is 15.0 Å². The number of hydrogen-bond donors (Lipinski definition) is 1. The minimum absolute atomic E-state index is 0.0292. The minimum atomic E-state index is -0.0857. The molecular formula is C13H19N5O3. The smallest absolute Gasteiger partial charge is 0.264 e. The van der Waals surface area contributed by atoms with E-state index in [0.29, 0.717) is 24.1 Å².